The van der Waals surface area contributed by atoms with Crippen LogP contribution in [0.5, 0.6) is 0 Å². The molecule has 2 rings (SSSR count). The van der Waals surface area contributed by atoms with E-state index in [0.717, 1.165) is 16.3 Å². The van der Waals surface area contributed by atoms with Crippen LogP contribution in [0.4, 0.5) is 0 Å². The van der Waals surface area contributed by atoms with Crippen LogP contribution in [0.3, 0.4) is 0 Å². The number of ketones is 1. The van der Waals surface area contributed by atoms with E-state index in [-0.39, 0.29) is 11.2 Å². The van der Waals surface area contributed by atoms with Gasteiger partial charge in [0.05, 0.1) is 16.1 Å². The van der Waals surface area contributed by atoms with E-state index in [4.69, 9.17) is 0 Å². The molecule has 2 aromatic rings. The van der Waals surface area contributed by atoms with Gasteiger partial charge in [-0.15, -0.1) is 11.3 Å². The van der Waals surface area contributed by atoms with Crippen LogP contribution in [0, 0.1) is 0 Å². The zero-order valence-electron chi connectivity index (χ0n) is 11.3. The third kappa shape index (κ3) is 2.36. The standard InChI is InChI=1S/C13H17N3OS/c1-8(17)10-6-14-12(18-10)9-7-16(5)15-11(9)13(2,3)4/h6-7H,1-5H3. The van der Waals surface area contributed by atoms with Crippen molar-refractivity contribution in [2.45, 2.75) is 33.1 Å². The van der Waals surface area contributed by atoms with Crippen LogP contribution in [0.15, 0.2) is 12.4 Å². The Morgan fingerprint density at radius 3 is 2.56 bits per heavy atom. The van der Waals surface area contributed by atoms with Crippen LogP contribution in [-0.2, 0) is 12.5 Å². The lowest BCUT2D eigenvalue weighted by Gasteiger charge is -2.16. The summed E-state index contributed by atoms with van der Waals surface area (Å²) in [5, 5.41) is 5.37. The van der Waals surface area contributed by atoms with Gasteiger partial charge >= 0.3 is 0 Å². The van der Waals surface area contributed by atoms with Gasteiger partial charge in [0.1, 0.15) is 5.01 Å². The van der Waals surface area contributed by atoms with E-state index in [9.17, 15) is 4.79 Å². The number of hydrogen-bond acceptors (Lipinski definition) is 4. The quantitative estimate of drug-likeness (QED) is 0.782. The van der Waals surface area contributed by atoms with Crippen molar-refractivity contribution >= 4 is 17.1 Å². The molecule has 2 heterocycles. The number of carbonyl (C=O) groups excluding carboxylic acids is 1. The predicted octanol–water partition coefficient (Wildman–Crippen LogP) is 3.04. The van der Waals surface area contributed by atoms with Crippen LogP contribution in [-0.4, -0.2) is 20.5 Å². The summed E-state index contributed by atoms with van der Waals surface area (Å²) in [4.78, 5) is 16.4. The number of nitrogens with zero attached hydrogens (tertiary/aromatic N) is 3. The zero-order chi connectivity index (χ0) is 13.5. The summed E-state index contributed by atoms with van der Waals surface area (Å²) in [5.74, 6) is 0.0555. The molecule has 0 bridgehead atoms. The van der Waals surface area contributed by atoms with E-state index in [1.165, 1.54) is 11.3 Å². The molecule has 0 aliphatic heterocycles. The number of thiazole rings is 1. The minimum Gasteiger partial charge on any atom is -0.294 e. The molecular formula is C13H17N3OS. The van der Waals surface area contributed by atoms with E-state index in [1.807, 2.05) is 13.2 Å². The van der Waals surface area contributed by atoms with Crippen LogP contribution >= 0.6 is 11.3 Å². The lowest BCUT2D eigenvalue weighted by atomic mass is 9.90. The van der Waals surface area contributed by atoms with Gasteiger partial charge in [-0.1, -0.05) is 20.8 Å². The first-order valence-corrected chi connectivity index (χ1v) is 6.62. The lowest BCUT2D eigenvalue weighted by Crippen LogP contribution is -2.13. The first-order valence-electron chi connectivity index (χ1n) is 5.80. The molecule has 0 aliphatic rings. The molecule has 18 heavy (non-hydrogen) atoms. The number of carbonyl (C=O) groups is 1. The SMILES string of the molecule is CC(=O)c1cnc(-c2cn(C)nc2C(C)(C)C)s1. The fourth-order valence-electron chi connectivity index (χ4n) is 1.76. The third-order valence-electron chi connectivity index (χ3n) is 2.62. The maximum atomic E-state index is 11.3. The second-order valence-electron chi connectivity index (χ2n) is 5.40. The van der Waals surface area contributed by atoms with Crippen molar-refractivity contribution in [2.75, 3.05) is 0 Å². The lowest BCUT2D eigenvalue weighted by molar-refractivity contribution is 0.102. The molecule has 0 saturated carbocycles. The Balaban J connectivity index is 2.53. The van der Waals surface area contributed by atoms with Crippen LogP contribution in [0.25, 0.3) is 10.6 Å². The summed E-state index contributed by atoms with van der Waals surface area (Å²) in [6.45, 7) is 7.93. The molecule has 0 atom stereocenters. The van der Waals surface area contributed by atoms with Crippen molar-refractivity contribution in [3.63, 3.8) is 0 Å². The normalized spacial score (nSPS) is 11.8. The highest BCUT2D eigenvalue weighted by Gasteiger charge is 2.24. The van der Waals surface area contributed by atoms with Crippen molar-refractivity contribution in [3.05, 3.63) is 23.0 Å². The summed E-state index contributed by atoms with van der Waals surface area (Å²) in [6.07, 6.45) is 3.60. The molecule has 0 aliphatic carbocycles. The second-order valence-corrected chi connectivity index (χ2v) is 6.43. The second kappa shape index (κ2) is 4.31. The van der Waals surface area contributed by atoms with Crippen molar-refractivity contribution in [3.8, 4) is 10.6 Å². The number of hydrogen-bond donors (Lipinski definition) is 0. The largest absolute Gasteiger partial charge is 0.294 e. The van der Waals surface area contributed by atoms with Crippen molar-refractivity contribution < 1.29 is 4.79 Å². The first kappa shape index (κ1) is 13.0. The fraction of sp³-hybridized carbons (Fsp3) is 0.462. The highest BCUT2D eigenvalue weighted by atomic mass is 32.1. The molecule has 0 radical (unpaired) electrons. The fourth-order valence-corrected chi connectivity index (χ4v) is 2.58. The molecule has 0 amide bonds. The van der Waals surface area contributed by atoms with Gasteiger partial charge in [0.15, 0.2) is 5.78 Å². The third-order valence-corrected chi connectivity index (χ3v) is 3.75. The molecule has 96 valence electrons. The van der Waals surface area contributed by atoms with Gasteiger partial charge in [-0.2, -0.15) is 5.10 Å². The number of Topliss-reactive ketones (excluding diaryl/α,β-unsaturated/α-hetero) is 1. The smallest absolute Gasteiger partial charge is 0.171 e. The van der Waals surface area contributed by atoms with Gasteiger partial charge in [0.25, 0.3) is 0 Å². The Morgan fingerprint density at radius 2 is 2.06 bits per heavy atom. The molecule has 0 saturated heterocycles. The summed E-state index contributed by atoms with van der Waals surface area (Å²) in [7, 11) is 1.90. The molecular weight excluding hydrogens is 246 g/mol. The molecule has 0 unspecified atom stereocenters. The van der Waals surface area contributed by atoms with Gasteiger partial charge in [-0.05, 0) is 0 Å². The van der Waals surface area contributed by atoms with E-state index >= 15 is 0 Å². The van der Waals surface area contributed by atoms with Gasteiger partial charge in [0, 0.05) is 31.8 Å². The molecule has 0 spiro atoms. The Kier molecular flexibility index (Phi) is 3.11. The number of rotatable bonds is 2. The monoisotopic (exact) mass is 263 g/mol. The zero-order valence-corrected chi connectivity index (χ0v) is 12.1. The van der Waals surface area contributed by atoms with Crippen molar-refractivity contribution in [1.82, 2.24) is 14.8 Å². The highest BCUT2D eigenvalue weighted by molar-refractivity contribution is 7.16. The Bertz CT molecular complexity index is 590. The van der Waals surface area contributed by atoms with Gasteiger partial charge in [0.2, 0.25) is 0 Å². The first-order chi connectivity index (χ1) is 8.29. The van der Waals surface area contributed by atoms with E-state index in [2.05, 4.69) is 30.9 Å². The van der Waals surface area contributed by atoms with Gasteiger partial charge in [-0.3, -0.25) is 9.48 Å². The summed E-state index contributed by atoms with van der Waals surface area (Å²) in [5.41, 5.74) is 1.98. The van der Waals surface area contributed by atoms with Gasteiger partial charge < -0.3 is 0 Å². The van der Waals surface area contributed by atoms with Crippen LogP contribution < -0.4 is 0 Å². The van der Waals surface area contributed by atoms with Crippen molar-refractivity contribution in [1.29, 1.82) is 0 Å². The maximum Gasteiger partial charge on any atom is 0.171 e. The average Bonchev–Trinajstić information content (AvgIpc) is 2.81. The topological polar surface area (TPSA) is 47.8 Å². The summed E-state index contributed by atoms with van der Waals surface area (Å²) < 4.78 is 1.80. The van der Waals surface area contributed by atoms with Crippen LogP contribution in [0.1, 0.15) is 43.1 Å². The summed E-state index contributed by atoms with van der Waals surface area (Å²) in [6, 6.07) is 0. The molecule has 0 N–H and O–H groups in total. The molecule has 5 heteroatoms. The van der Waals surface area contributed by atoms with E-state index in [1.54, 1.807) is 17.8 Å². The van der Waals surface area contributed by atoms with Crippen molar-refractivity contribution in [2.24, 2.45) is 7.05 Å². The minimum absolute atomic E-state index is 0.0430. The Labute approximate surface area is 111 Å². The Morgan fingerprint density at radius 1 is 1.39 bits per heavy atom. The average molecular weight is 263 g/mol. The van der Waals surface area contributed by atoms with E-state index in [0.29, 0.717) is 4.88 Å². The summed E-state index contributed by atoms with van der Waals surface area (Å²) >= 11 is 1.42. The van der Waals surface area contributed by atoms with Gasteiger partial charge in [-0.25, -0.2) is 4.98 Å². The van der Waals surface area contributed by atoms with E-state index < -0.39 is 0 Å². The molecule has 0 fully saturated rings. The molecule has 2 aromatic heterocycles. The Hall–Kier alpha value is -1.49. The molecule has 0 aromatic carbocycles. The highest BCUT2D eigenvalue weighted by Crippen LogP contribution is 2.34. The number of aromatic nitrogens is 3. The molecule has 4 nitrogen and oxygen atoms in total. The number of aryl methyl sites for hydroxylation is 1. The van der Waals surface area contributed by atoms with Crippen LogP contribution in [0.2, 0.25) is 0 Å². The maximum absolute atomic E-state index is 11.3. The minimum atomic E-state index is -0.0430. The predicted molar refractivity (Wildman–Crippen MR) is 73.0 cm³/mol.